The van der Waals surface area contributed by atoms with Gasteiger partial charge >= 0.3 is 171 Å². The van der Waals surface area contributed by atoms with Crippen molar-refractivity contribution in [3.63, 3.8) is 0 Å². The van der Waals surface area contributed by atoms with E-state index in [1.54, 1.807) is 11.1 Å². The van der Waals surface area contributed by atoms with Crippen LogP contribution in [-0.2, 0) is 34.9 Å². The molecule has 0 spiro atoms. The molecule has 0 aliphatic heterocycles. The Kier molecular flexibility index (Phi) is 9.30. The number of fused-ring (bicyclic) bond motifs is 1. The first kappa shape index (κ1) is 23.7. The van der Waals surface area contributed by atoms with E-state index in [-0.39, 0.29) is 28.6 Å². The van der Waals surface area contributed by atoms with Crippen LogP contribution in [0.25, 0.3) is 0 Å². The summed E-state index contributed by atoms with van der Waals surface area (Å²) in [6, 6.07) is 0. The van der Waals surface area contributed by atoms with Crippen LogP contribution in [0.3, 0.4) is 0 Å². The maximum Gasteiger partial charge on any atom is -1.00 e. The van der Waals surface area contributed by atoms with Gasteiger partial charge in [0.2, 0.25) is 0 Å². The van der Waals surface area contributed by atoms with E-state index in [0.29, 0.717) is 18.8 Å². The molecule has 3 aliphatic rings. The van der Waals surface area contributed by atoms with Gasteiger partial charge in [-0.25, -0.2) is 0 Å². The molecule has 2 atom stereocenters. The molecule has 3 aliphatic carbocycles. The Bertz CT molecular complexity index is 635. The Balaban J connectivity index is 0.00000280. The Morgan fingerprint density at radius 2 is 1.50 bits per heavy atom. The van der Waals surface area contributed by atoms with Crippen LogP contribution in [0.2, 0.25) is 4.22 Å². The molecule has 2 unspecified atom stereocenters. The zero-order valence-electron chi connectivity index (χ0n) is 17.4. The van der Waals surface area contributed by atoms with E-state index in [1.807, 2.05) is 13.8 Å². The van der Waals surface area contributed by atoms with Crippen LogP contribution >= 0.6 is 0 Å². The van der Waals surface area contributed by atoms with Crippen molar-refractivity contribution in [2.75, 3.05) is 0 Å². The normalized spacial score (nSPS) is 23.5. The van der Waals surface area contributed by atoms with E-state index in [4.69, 9.17) is 6.64 Å². The minimum Gasteiger partial charge on any atom is -1.00 e. The summed E-state index contributed by atoms with van der Waals surface area (Å²) < 4.78 is 12.0. The summed E-state index contributed by atoms with van der Waals surface area (Å²) in [7, 11) is 0. The van der Waals surface area contributed by atoms with Gasteiger partial charge in [0.15, 0.2) is 0 Å². The van der Waals surface area contributed by atoms with Gasteiger partial charge in [-0.15, -0.1) is 0 Å². The molecule has 4 nitrogen and oxygen atoms in total. The van der Waals surface area contributed by atoms with Crippen molar-refractivity contribution >= 4 is 11.9 Å². The van der Waals surface area contributed by atoms with Crippen molar-refractivity contribution < 1.29 is 47.3 Å². The second-order valence-corrected chi connectivity index (χ2v) is 10.8. The van der Waals surface area contributed by atoms with Crippen molar-refractivity contribution in [3.8, 4) is 0 Å². The van der Waals surface area contributed by atoms with Crippen molar-refractivity contribution in [2.24, 2.45) is 5.92 Å². The number of hydrogen-bond donors (Lipinski definition) is 0. The first-order valence-electron chi connectivity index (χ1n) is 10.8. The van der Waals surface area contributed by atoms with Crippen LogP contribution in [0.4, 0.5) is 0 Å². The molecule has 0 heterocycles. The summed E-state index contributed by atoms with van der Waals surface area (Å²) in [6.07, 6.45) is 10.6. The summed E-state index contributed by atoms with van der Waals surface area (Å²) in [5.74, 6) is 0.0682. The molecule has 0 aromatic heterocycles. The molecule has 0 aromatic rings. The fourth-order valence-corrected chi connectivity index (χ4v) is 8.24. The minimum atomic E-state index is -2.78. The molecule has 0 saturated carbocycles. The largest absolute Gasteiger partial charge is 1.00 e. The first-order chi connectivity index (χ1) is 13.1. The van der Waals surface area contributed by atoms with Gasteiger partial charge in [-0.3, -0.25) is 0 Å². The van der Waals surface area contributed by atoms with E-state index in [2.05, 4.69) is 6.92 Å². The summed E-state index contributed by atoms with van der Waals surface area (Å²) in [5, 5.41) is 0. The van der Waals surface area contributed by atoms with Gasteiger partial charge in [-0.2, -0.15) is 0 Å². The second kappa shape index (κ2) is 11.0. The molecular weight excluding hydrogens is 412 g/mol. The van der Waals surface area contributed by atoms with Crippen LogP contribution in [-0.4, -0.2) is 11.9 Å². The average molecular weight is 445 g/mol. The zero-order chi connectivity index (χ0) is 19.4. The Labute approximate surface area is 182 Å². The number of rotatable bonds is 7. The summed E-state index contributed by atoms with van der Waals surface area (Å²) in [5.41, 5.74) is 6.23. The second-order valence-electron chi connectivity index (χ2n) is 8.08. The van der Waals surface area contributed by atoms with Crippen LogP contribution in [0.1, 0.15) is 91.4 Å². The van der Waals surface area contributed by atoms with Gasteiger partial charge < -0.3 is 12.4 Å². The van der Waals surface area contributed by atoms with Crippen molar-refractivity contribution in [3.05, 3.63) is 22.3 Å². The van der Waals surface area contributed by atoms with E-state index in [9.17, 15) is 9.59 Å². The molecule has 28 heavy (non-hydrogen) atoms. The fraction of sp³-hybridized carbons (Fsp3) is 0.727. The topological polar surface area (TPSA) is 52.6 Å². The third-order valence-corrected chi connectivity index (χ3v) is 9.29. The third kappa shape index (κ3) is 5.12. The number of carbonyl (C=O) groups excluding carboxylic acids is 2. The van der Waals surface area contributed by atoms with E-state index in [1.165, 1.54) is 36.8 Å². The Morgan fingerprint density at radius 1 is 0.929 bits per heavy atom. The van der Waals surface area contributed by atoms with Gasteiger partial charge in [-0.1, -0.05) is 0 Å². The molecule has 0 saturated heterocycles. The molecule has 156 valence electrons. The summed E-state index contributed by atoms with van der Waals surface area (Å²) in [4.78, 5) is 24.5. The number of allylic oxidation sites excluding steroid dienone is 4. The third-order valence-electron chi connectivity index (χ3n) is 6.13. The molecular formula is C22H33ClO4Ti. The zero-order valence-corrected chi connectivity index (χ0v) is 19.8. The number of hydrogen-bond acceptors (Lipinski definition) is 4. The molecule has 6 heteroatoms. The smallest absolute Gasteiger partial charge is 1.00 e. The fourth-order valence-electron chi connectivity index (χ4n) is 4.96. The van der Waals surface area contributed by atoms with Crippen LogP contribution in [0, 0.1) is 5.92 Å². The van der Waals surface area contributed by atoms with Crippen molar-refractivity contribution in [1.82, 2.24) is 0 Å². The van der Waals surface area contributed by atoms with Gasteiger partial charge in [0.05, 0.1) is 0 Å². The standard InChI is InChI=1S/C14H19.2C4H8O2.ClH.Ti/c1-10-11-6-2-4-8-13(11)14-9-5-3-7-12(10)14;2*1-2-3-4(5)6;;/h6,10H,2-5,7-9H2,1H3;2*2-3H2,1H3,(H,5,6);1H;/q;;;;+3/p-3. The van der Waals surface area contributed by atoms with Gasteiger partial charge in [0.25, 0.3) is 0 Å². The summed E-state index contributed by atoms with van der Waals surface area (Å²) >= 11 is -2.78. The predicted octanol–water partition coefficient (Wildman–Crippen LogP) is 2.91. The quantitative estimate of drug-likeness (QED) is 0.567. The number of halogens is 1. The maximum absolute atomic E-state index is 12.3. The van der Waals surface area contributed by atoms with E-state index >= 15 is 0 Å². The molecule has 0 amide bonds. The average Bonchev–Trinajstić information content (AvgIpc) is 2.95. The SMILES string of the molecule is CCCC(=O)[O][Ti+]([O]C(=O)CCC)[CH]1CCCC2=C1C(C)C1=C2CCCC1.[Cl-]. The van der Waals surface area contributed by atoms with E-state index in [0.717, 1.165) is 32.1 Å². The minimum absolute atomic E-state index is 0. The monoisotopic (exact) mass is 444 g/mol. The summed E-state index contributed by atoms with van der Waals surface area (Å²) in [6.45, 7) is 6.27. The van der Waals surface area contributed by atoms with Crippen LogP contribution < -0.4 is 12.4 Å². The molecule has 0 radical (unpaired) electrons. The van der Waals surface area contributed by atoms with Crippen molar-refractivity contribution in [1.29, 1.82) is 0 Å². The Hall–Kier alpha value is -0.576. The first-order valence-corrected chi connectivity index (χ1v) is 13.0. The molecule has 0 N–H and O–H groups in total. The molecule has 0 bridgehead atoms. The van der Waals surface area contributed by atoms with Crippen LogP contribution in [0.15, 0.2) is 22.3 Å². The number of carbonyl (C=O) groups is 2. The molecule has 0 aromatic carbocycles. The molecule has 0 fully saturated rings. The van der Waals surface area contributed by atoms with Gasteiger partial charge in [-0.05, 0) is 0 Å². The van der Waals surface area contributed by atoms with Gasteiger partial charge in [0, 0.05) is 0 Å². The Morgan fingerprint density at radius 3 is 2.11 bits per heavy atom. The van der Waals surface area contributed by atoms with E-state index < -0.39 is 18.6 Å². The maximum atomic E-state index is 12.3. The van der Waals surface area contributed by atoms with Crippen molar-refractivity contribution in [2.45, 2.75) is 95.6 Å². The predicted molar refractivity (Wildman–Crippen MR) is 101 cm³/mol. The van der Waals surface area contributed by atoms with Gasteiger partial charge in [0.1, 0.15) is 0 Å². The molecule has 3 rings (SSSR count). The van der Waals surface area contributed by atoms with Crippen LogP contribution in [0.5, 0.6) is 0 Å².